The van der Waals surface area contributed by atoms with Crippen molar-refractivity contribution in [3.8, 4) is 11.5 Å². The van der Waals surface area contributed by atoms with E-state index in [1.54, 1.807) is 30.3 Å². The molecule has 1 amide bonds. The van der Waals surface area contributed by atoms with Crippen LogP contribution in [0.1, 0.15) is 28.4 Å². The van der Waals surface area contributed by atoms with E-state index in [1.807, 2.05) is 43.3 Å². The fourth-order valence-electron chi connectivity index (χ4n) is 3.50. The van der Waals surface area contributed by atoms with E-state index in [0.717, 1.165) is 16.3 Å². The van der Waals surface area contributed by atoms with E-state index in [-0.39, 0.29) is 18.2 Å². The molecule has 0 saturated heterocycles. The molecule has 4 rings (SSSR count). The number of rotatable bonds is 9. The zero-order valence-corrected chi connectivity index (χ0v) is 20.9. The molecule has 0 fully saturated rings. The van der Waals surface area contributed by atoms with Gasteiger partial charge in [-0.1, -0.05) is 30.3 Å². The fraction of sp³-hybridized carbons (Fsp3) is 0.111. The Morgan fingerprint density at radius 3 is 2.50 bits per heavy atom. The first-order valence-corrected chi connectivity index (χ1v) is 11.9. The van der Waals surface area contributed by atoms with Crippen LogP contribution in [0.5, 0.6) is 11.5 Å². The van der Waals surface area contributed by atoms with Gasteiger partial charge in [-0.3, -0.25) is 14.9 Å². The van der Waals surface area contributed by atoms with Gasteiger partial charge in [0.2, 0.25) is 0 Å². The average molecular weight is 548 g/mol. The first-order chi connectivity index (χ1) is 17.4. The minimum atomic E-state index is -0.445. The molecule has 1 N–H and O–H groups in total. The van der Waals surface area contributed by atoms with E-state index in [9.17, 15) is 14.9 Å². The highest BCUT2D eigenvalue weighted by Gasteiger charge is 2.13. The number of hydrogen-bond acceptors (Lipinski definition) is 6. The predicted molar refractivity (Wildman–Crippen MR) is 142 cm³/mol. The van der Waals surface area contributed by atoms with Crippen molar-refractivity contribution in [3.05, 3.63) is 110 Å². The third-order valence-electron chi connectivity index (χ3n) is 5.25. The molecule has 4 aromatic carbocycles. The number of carbonyl (C=O) groups excluding carboxylic acids is 1. The number of hydrogen-bond donors (Lipinski definition) is 1. The number of nitrogens with zero attached hydrogens (tertiary/aromatic N) is 2. The Kier molecular flexibility index (Phi) is 7.92. The van der Waals surface area contributed by atoms with Crippen LogP contribution in [0.2, 0.25) is 0 Å². The van der Waals surface area contributed by atoms with Crippen molar-refractivity contribution in [1.82, 2.24) is 5.43 Å². The van der Waals surface area contributed by atoms with Gasteiger partial charge in [0.05, 0.1) is 22.2 Å². The van der Waals surface area contributed by atoms with Crippen LogP contribution < -0.4 is 14.9 Å². The molecule has 0 aliphatic heterocycles. The standard InChI is InChI=1S/C27H22BrN3O5/c1-2-35-25-14-19(13-24(28)26(25)36-17-18-7-11-23(12-8-18)31(33)34)16-29-30-27(32)22-10-9-20-5-3-4-6-21(20)15-22/h3-16H,2,17H2,1H3,(H,30,32)/b29-16-. The molecule has 0 aliphatic carbocycles. The van der Waals surface area contributed by atoms with Crippen molar-refractivity contribution in [2.75, 3.05) is 6.61 Å². The van der Waals surface area contributed by atoms with Crippen molar-refractivity contribution < 1.29 is 19.2 Å². The fourth-order valence-corrected chi connectivity index (χ4v) is 4.07. The van der Waals surface area contributed by atoms with Crippen LogP contribution in [0.3, 0.4) is 0 Å². The van der Waals surface area contributed by atoms with E-state index in [0.29, 0.717) is 33.7 Å². The van der Waals surface area contributed by atoms with Crippen LogP contribution in [0.4, 0.5) is 5.69 Å². The maximum atomic E-state index is 12.5. The third-order valence-corrected chi connectivity index (χ3v) is 5.84. The van der Waals surface area contributed by atoms with Crippen molar-refractivity contribution in [2.24, 2.45) is 5.10 Å². The van der Waals surface area contributed by atoms with Crippen LogP contribution in [-0.4, -0.2) is 23.7 Å². The SMILES string of the molecule is CCOc1cc(/C=N\NC(=O)c2ccc3ccccc3c2)cc(Br)c1OCc1ccc([N+](=O)[O-])cc1. The Bertz CT molecular complexity index is 1440. The molecule has 0 bridgehead atoms. The van der Waals surface area contributed by atoms with Gasteiger partial charge in [0.15, 0.2) is 11.5 Å². The summed E-state index contributed by atoms with van der Waals surface area (Å²) in [7, 11) is 0. The molecule has 0 saturated carbocycles. The van der Waals surface area contributed by atoms with Gasteiger partial charge in [-0.15, -0.1) is 0 Å². The number of halogens is 1. The number of hydrazone groups is 1. The maximum Gasteiger partial charge on any atom is 0.271 e. The number of ether oxygens (including phenoxy) is 2. The zero-order valence-electron chi connectivity index (χ0n) is 19.3. The highest BCUT2D eigenvalue weighted by molar-refractivity contribution is 9.10. The molecule has 8 nitrogen and oxygen atoms in total. The summed E-state index contributed by atoms with van der Waals surface area (Å²) in [5, 5.41) is 17.0. The second kappa shape index (κ2) is 11.5. The Balaban J connectivity index is 1.45. The monoisotopic (exact) mass is 547 g/mol. The van der Waals surface area contributed by atoms with Crippen LogP contribution in [-0.2, 0) is 6.61 Å². The Hall–Kier alpha value is -4.24. The number of nitro benzene ring substituents is 1. The van der Waals surface area contributed by atoms with Crippen LogP contribution in [0.25, 0.3) is 10.8 Å². The lowest BCUT2D eigenvalue weighted by Gasteiger charge is -2.14. The molecule has 0 aromatic heterocycles. The minimum Gasteiger partial charge on any atom is -0.490 e. The molecule has 36 heavy (non-hydrogen) atoms. The third kappa shape index (κ3) is 6.05. The van der Waals surface area contributed by atoms with Gasteiger partial charge in [-0.05, 0) is 81.2 Å². The first kappa shape index (κ1) is 24.9. The average Bonchev–Trinajstić information content (AvgIpc) is 2.88. The normalized spacial score (nSPS) is 10.9. The first-order valence-electron chi connectivity index (χ1n) is 11.1. The summed E-state index contributed by atoms with van der Waals surface area (Å²) in [5.74, 6) is 0.674. The molecule has 0 heterocycles. The van der Waals surface area contributed by atoms with Crippen LogP contribution >= 0.6 is 15.9 Å². The van der Waals surface area contributed by atoms with Gasteiger partial charge in [0.25, 0.3) is 11.6 Å². The summed E-state index contributed by atoms with van der Waals surface area (Å²) in [5.41, 5.74) is 4.54. The molecule has 0 atom stereocenters. The zero-order chi connectivity index (χ0) is 25.5. The van der Waals surface area contributed by atoms with Gasteiger partial charge in [-0.25, -0.2) is 5.43 Å². The number of carbonyl (C=O) groups is 1. The number of nitrogens with one attached hydrogen (secondary N) is 1. The number of benzene rings is 4. The van der Waals surface area contributed by atoms with E-state index in [1.165, 1.54) is 18.3 Å². The summed E-state index contributed by atoms with van der Waals surface area (Å²) in [6, 6.07) is 23.0. The number of nitro groups is 1. The van der Waals surface area contributed by atoms with Crippen molar-refractivity contribution in [3.63, 3.8) is 0 Å². The molecule has 0 aliphatic rings. The lowest BCUT2D eigenvalue weighted by Crippen LogP contribution is -2.17. The van der Waals surface area contributed by atoms with Crippen LogP contribution in [0.15, 0.2) is 88.4 Å². The lowest BCUT2D eigenvalue weighted by molar-refractivity contribution is -0.384. The molecule has 9 heteroatoms. The van der Waals surface area contributed by atoms with Gasteiger partial charge < -0.3 is 9.47 Å². The second-order valence-corrected chi connectivity index (χ2v) is 8.59. The van der Waals surface area contributed by atoms with E-state index in [4.69, 9.17) is 9.47 Å². The van der Waals surface area contributed by atoms with Gasteiger partial charge in [-0.2, -0.15) is 5.10 Å². The van der Waals surface area contributed by atoms with Crippen molar-refractivity contribution in [2.45, 2.75) is 13.5 Å². The topological polar surface area (TPSA) is 103 Å². The van der Waals surface area contributed by atoms with Gasteiger partial charge in [0, 0.05) is 17.7 Å². The minimum absolute atomic E-state index is 0.0197. The van der Waals surface area contributed by atoms with Gasteiger partial charge in [0.1, 0.15) is 6.61 Å². The summed E-state index contributed by atoms with van der Waals surface area (Å²) in [6.07, 6.45) is 1.52. The Labute approximate surface area is 215 Å². The quantitative estimate of drug-likeness (QED) is 0.151. The van der Waals surface area contributed by atoms with Gasteiger partial charge >= 0.3 is 0 Å². The summed E-state index contributed by atoms with van der Waals surface area (Å²) < 4.78 is 12.3. The molecule has 0 spiro atoms. The second-order valence-electron chi connectivity index (χ2n) is 7.74. The summed E-state index contributed by atoms with van der Waals surface area (Å²) in [6.45, 7) is 2.48. The van der Waals surface area contributed by atoms with Crippen molar-refractivity contribution >= 4 is 44.5 Å². The largest absolute Gasteiger partial charge is 0.490 e. The molecule has 182 valence electrons. The maximum absolute atomic E-state index is 12.5. The molecule has 0 radical (unpaired) electrons. The summed E-state index contributed by atoms with van der Waals surface area (Å²) >= 11 is 3.51. The molecule has 0 unspecified atom stereocenters. The van der Waals surface area contributed by atoms with Crippen LogP contribution in [0, 0.1) is 10.1 Å². The van der Waals surface area contributed by atoms with E-state index >= 15 is 0 Å². The highest BCUT2D eigenvalue weighted by atomic mass is 79.9. The smallest absolute Gasteiger partial charge is 0.271 e. The lowest BCUT2D eigenvalue weighted by atomic mass is 10.1. The predicted octanol–water partition coefficient (Wildman–Crippen LogP) is 6.25. The van der Waals surface area contributed by atoms with Crippen molar-refractivity contribution in [1.29, 1.82) is 0 Å². The Morgan fingerprint density at radius 1 is 1.03 bits per heavy atom. The molecule has 4 aromatic rings. The molecular formula is C27H22BrN3O5. The number of fused-ring (bicyclic) bond motifs is 1. The molecular weight excluding hydrogens is 526 g/mol. The van der Waals surface area contributed by atoms with E-state index < -0.39 is 4.92 Å². The number of non-ortho nitro benzene ring substituents is 1. The number of amides is 1. The Morgan fingerprint density at radius 2 is 1.78 bits per heavy atom. The van der Waals surface area contributed by atoms with E-state index in [2.05, 4.69) is 26.5 Å². The summed E-state index contributed by atoms with van der Waals surface area (Å²) in [4.78, 5) is 22.9. The highest BCUT2D eigenvalue weighted by Crippen LogP contribution is 2.37.